The lowest BCUT2D eigenvalue weighted by atomic mass is 10.2. The van der Waals surface area contributed by atoms with Crippen molar-refractivity contribution in [3.8, 4) is 0 Å². The highest BCUT2D eigenvalue weighted by atomic mass is 16.1. The summed E-state index contributed by atoms with van der Waals surface area (Å²) >= 11 is 0. The van der Waals surface area contributed by atoms with Crippen LogP contribution in [0.25, 0.3) is 0 Å². The second-order valence-electron chi connectivity index (χ2n) is 4.74. The molecule has 1 aromatic carbocycles. The average molecular weight is 269 g/mol. The van der Waals surface area contributed by atoms with Gasteiger partial charge in [0.25, 0.3) is 5.91 Å². The maximum Gasteiger partial charge on any atom is 0.257 e. The quantitative estimate of drug-likeness (QED) is 0.872. The zero-order chi connectivity index (χ0) is 14.4. The van der Waals surface area contributed by atoms with Gasteiger partial charge in [-0.05, 0) is 31.5 Å². The van der Waals surface area contributed by atoms with Crippen molar-refractivity contribution in [2.45, 2.75) is 26.3 Å². The van der Waals surface area contributed by atoms with Gasteiger partial charge < -0.3 is 10.6 Å². The van der Waals surface area contributed by atoms with Gasteiger partial charge in [-0.25, -0.2) is 0 Å². The van der Waals surface area contributed by atoms with E-state index < -0.39 is 0 Å². The Morgan fingerprint density at radius 2 is 1.95 bits per heavy atom. The van der Waals surface area contributed by atoms with Gasteiger partial charge in [-0.1, -0.05) is 25.1 Å². The molecule has 2 rings (SSSR count). The Morgan fingerprint density at radius 1 is 1.20 bits per heavy atom. The summed E-state index contributed by atoms with van der Waals surface area (Å²) in [6.45, 7) is 4.20. The first-order valence-electron chi connectivity index (χ1n) is 6.77. The van der Waals surface area contributed by atoms with Gasteiger partial charge in [0.1, 0.15) is 0 Å². The predicted molar refractivity (Wildman–Crippen MR) is 82.0 cm³/mol. The molecule has 2 aromatic rings. The fourth-order valence-corrected chi connectivity index (χ4v) is 1.75. The Hall–Kier alpha value is -2.36. The Kier molecular flexibility index (Phi) is 4.71. The van der Waals surface area contributed by atoms with Crippen LogP contribution in [0, 0.1) is 0 Å². The molecule has 1 amide bonds. The molecule has 4 nitrogen and oxygen atoms in total. The molecule has 0 saturated heterocycles. The van der Waals surface area contributed by atoms with E-state index in [-0.39, 0.29) is 5.91 Å². The lowest BCUT2D eigenvalue weighted by Crippen LogP contribution is -2.16. The number of carbonyl (C=O) groups is 1. The number of hydrogen-bond acceptors (Lipinski definition) is 3. The van der Waals surface area contributed by atoms with Gasteiger partial charge in [0.2, 0.25) is 0 Å². The van der Waals surface area contributed by atoms with E-state index in [1.165, 1.54) is 0 Å². The molecule has 0 spiro atoms. The van der Waals surface area contributed by atoms with E-state index in [1.807, 2.05) is 36.4 Å². The molecule has 1 heterocycles. The minimum Gasteiger partial charge on any atom is -0.381 e. The molecule has 0 aliphatic carbocycles. The number of anilines is 2. The number of carbonyl (C=O) groups excluding carboxylic acids is 1. The molecule has 1 atom stereocenters. The van der Waals surface area contributed by atoms with Crippen LogP contribution in [0.1, 0.15) is 30.6 Å². The standard InChI is InChI=1S/C16H19N3O/c1-3-12(2)18-15-9-13(10-17-11-15)16(20)19-14-7-5-4-6-8-14/h4-12,18H,3H2,1-2H3,(H,19,20). The summed E-state index contributed by atoms with van der Waals surface area (Å²) in [5.41, 5.74) is 2.18. The van der Waals surface area contributed by atoms with Crippen LogP contribution in [0.3, 0.4) is 0 Å². The van der Waals surface area contributed by atoms with Crippen LogP contribution >= 0.6 is 0 Å². The van der Waals surface area contributed by atoms with Gasteiger partial charge in [-0.2, -0.15) is 0 Å². The van der Waals surface area contributed by atoms with Crippen molar-refractivity contribution in [1.82, 2.24) is 4.98 Å². The van der Waals surface area contributed by atoms with Crippen molar-refractivity contribution in [1.29, 1.82) is 0 Å². The number of nitrogens with zero attached hydrogens (tertiary/aromatic N) is 1. The van der Waals surface area contributed by atoms with Crippen LogP contribution in [0.15, 0.2) is 48.8 Å². The molecule has 104 valence electrons. The van der Waals surface area contributed by atoms with E-state index in [0.717, 1.165) is 17.8 Å². The minimum absolute atomic E-state index is 0.156. The molecule has 1 unspecified atom stereocenters. The van der Waals surface area contributed by atoms with Crippen LogP contribution in [0.5, 0.6) is 0 Å². The highest BCUT2D eigenvalue weighted by molar-refractivity contribution is 6.04. The first kappa shape index (κ1) is 14.1. The van der Waals surface area contributed by atoms with Crippen molar-refractivity contribution in [2.75, 3.05) is 10.6 Å². The molecule has 0 aliphatic heterocycles. The smallest absolute Gasteiger partial charge is 0.257 e. The number of hydrogen-bond donors (Lipinski definition) is 2. The van der Waals surface area contributed by atoms with Gasteiger partial charge in [0.05, 0.1) is 11.3 Å². The van der Waals surface area contributed by atoms with Gasteiger partial charge in [0.15, 0.2) is 0 Å². The Morgan fingerprint density at radius 3 is 2.65 bits per heavy atom. The molecular formula is C16H19N3O. The zero-order valence-electron chi connectivity index (χ0n) is 11.8. The second kappa shape index (κ2) is 6.70. The fourth-order valence-electron chi connectivity index (χ4n) is 1.75. The summed E-state index contributed by atoms with van der Waals surface area (Å²) in [5.74, 6) is -0.156. The van der Waals surface area contributed by atoms with Crippen LogP contribution < -0.4 is 10.6 Å². The maximum absolute atomic E-state index is 12.1. The van der Waals surface area contributed by atoms with E-state index >= 15 is 0 Å². The topological polar surface area (TPSA) is 54.0 Å². The van der Waals surface area contributed by atoms with E-state index in [9.17, 15) is 4.79 Å². The molecule has 20 heavy (non-hydrogen) atoms. The van der Waals surface area contributed by atoms with Crippen LogP contribution in [0.2, 0.25) is 0 Å². The third-order valence-corrected chi connectivity index (χ3v) is 3.06. The number of aromatic nitrogens is 1. The third kappa shape index (κ3) is 3.82. The molecule has 0 radical (unpaired) electrons. The predicted octanol–water partition coefficient (Wildman–Crippen LogP) is 3.54. The molecule has 0 aliphatic rings. The number of benzene rings is 1. The first-order valence-corrected chi connectivity index (χ1v) is 6.77. The van der Waals surface area contributed by atoms with Crippen molar-refractivity contribution in [2.24, 2.45) is 0 Å². The summed E-state index contributed by atoms with van der Waals surface area (Å²) < 4.78 is 0. The number of pyridine rings is 1. The average Bonchev–Trinajstić information content (AvgIpc) is 2.48. The summed E-state index contributed by atoms with van der Waals surface area (Å²) in [4.78, 5) is 16.3. The molecule has 4 heteroatoms. The summed E-state index contributed by atoms with van der Waals surface area (Å²) in [6, 6.07) is 11.6. The maximum atomic E-state index is 12.1. The number of amides is 1. The monoisotopic (exact) mass is 269 g/mol. The zero-order valence-corrected chi connectivity index (χ0v) is 11.8. The molecule has 0 saturated carbocycles. The van der Waals surface area contributed by atoms with Gasteiger partial charge in [-0.15, -0.1) is 0 Å². The molecular weight excluding hydrogens is 250 g/mol. The number of rotatable bonds is 5. The van der Waals surface area contributed by atoms with Crippen molar-refractivity contribution < 1.29 is 4.79 Å². The molecule has 0 bridgehead atoms. The lowest BCUT2D eigenvalue weighted by Gasteiger charge is -2.13. The Labute approximate surface area is 119 Å². The van der Waals surface area contributed by atoms with Gasteiger partial charge in [0, 0.05) is 24.1 Å². The number of nitrogens with one attached hydrogen (secondary N) is 2. The lowest BCUT2D eigenvalue weighted by molar-refractivity contribution is 0.102. The minimum atomic E-state index is -0.156. The van der Waals surface area contributed by atoms with Crippen LogP contribution in [0.4, 0.5) is 11.4 Å². The molecule has 1 aromatic heterocycles. The number of para-hydroxylation sites is 1. The summed E-state index contributed by atoms with van der Waals surface area (Å²) in [5, 5.41) is 6.15. The SMILES string of the molecule is CCC(C)Nc1cncc(C(=O)Nc2ccccc2)c1. The van der Waals surface area contributed by atoms with E-state index in [0.29, 0.717) is 11.6 Å². The van der Waals surface area contributed by atoms with Crippen molar-refractivity contribution in [3.63, 3.8) is 0 Å². The first-order chi connectivity index (χ1) is 9.69. The normalized spacial score (nSPS) is 11.7. The molecule has 0 fully saturated rings. The van der Waals surface area contributed by atoms with Gasteiger partial charge in [-0.3, -0.25) is 9.78 Å². The second-order valence-corrected chi connectivity index (χ2v) is 4.74. The highest BCUT2D eigenvalue weighted by Gasteiger charge is 2.08. The van der Waals surface area contributed by atoms with Crippen LogP contribution in [-0.2, 0) is 0 Å². The van der Waals surface area contributed by atoms with E-state index in [1.54, 1.807) is 12.4 Å². The molecule has 2 N–H and O–H groups in total. The highest BCUT2D eigenvalue weighted by Crippen LogP contribution is 2.13. The summed E-state index contributed by atoms with van der Waals surface area (Å²) in [6.07, 6.45) is 4.31. The van der Waals surface area contributed by atoms with E-state index in [4.69, 9.17) is 0 Å². The summed E-state index contributed by atoms with van der Waals surface area (Å²) in [7, 11) is 0. The Bertz CT molecular complexity index is 569. The van der Waals surface area contributed by atoms with E-state index in [2.05, 4.69) is 29.5 Å². The fraction of sp³-hybridized carbons (Fsp3) is 0.250. The van der Waals surface area contributed by atoms with Gasteiger partial charge >= 0.3 is 0 Å². The van der Waals surface area contributed by atoms with Crippen LogP contribution in [-0.4, -0.2) is 16.9 Å². The third-order valence-electron chi connectivity index (χ3n) is 3.06. The van der Waals surface area contributed by atoms with Crippen molar-refractivity contribution in [3.05, 3.63) is 54.4 Å². The largest absolute Gasteiger partial charge is 0.381 e. The van der Waals surface area contributed by atoms with Crippen molar-refractivity contribution >= 4 is 17.3 Å². The Balaban J connectivity index is 2.08.